The Bertz CT molecular complexity index is 447. The third-order valence-electron chi connectivity index (χ3n) is 3.56. The Balaban J connectivity index is 2.04. The Kier molecular flexibility index (Phi) is 4.25. The first-order valence-corrected chi connectivity index (χ1v) is 6.73. The van der Waals surface area contributed by atoms with Gasteiger partial charge >= 0.3 is 0 Å². The summed E-state index contributed by atoms with van der Waals surface area (Å²) in [6.07, 6.45) is 1.10. The molecule has 2 atom stereocenters. The number of carbonyl (C=O) groups is 1. The summed E-state index contributed by atoms with van der Waals surface area (Å²) in [5, 5.41) is 7.09. The van der Waals surface area contributed by atoms with Crippen LogP contribution in [0.5, 0.6) is 0 Å². The van der Waals surface area contributed by atoms with Crippen LogP contribution >= 0.6 is 11.6 Å². The van der Waals surface area contributed by atoms with Crippen molar-refractivity contribution in [3.05, 3.63) is 34.3 Å². The normalized spacial score (nSPS) is 23.7. The number of hydrogen-bond donors (Lipinski definition) is 2. The molecule has 1 saturated heterocycles. The van der Waals surface area contributed by atoms with Gasteiger partial charge in [-0.15, -0.1) is 0 Å². The van der Waals surface area contributed by atoms with Crippen LogP contribution in [0.3, 0.4) is 0 Å². The van der Waals surface area contributed by atoms with Crippen LogP contribution in [-0.2, 0) is 0 Å². The van der Waals surface area contributed by atoms with Gasteiger partial charge in [-0.3, -0.25) is 4.79 Å². The lowest BCUT2D eigenvalue weighted by atomic mass is 9.94. The number of amides is 1. The minimum atomic E-state index is -0.0182. The van der Waals surface area contributed by atoms with Crippen LogP contribution in [0.15, 0.2) is 18.2 Å². The summed E-state index contributed by atoms with van der Waals surface area (Å²) < 4.78 is 0. The summed E-state index contributed by atoms with van der Waals surface area (Å²) in [5.41, 5.74) is 1.61. The van der Waals surface area contributed by atoms with Crippen LogP contribution in [0, 0.1) is 12.8 Å². The fourth-order valence-electron chi connectivity index (χ4n) is 2.22. The maximum absolute atomic E-state index is 12.1. The standard InChI is InChI=1S/C14H19ClN2O/c1-9-5-6-16-8-13(9)17-14(18)11-3-4-12(15)10(2)7-11/h3-4,7,9,13,16H,5-6,8H2,1-2H3,(H,17,18). The number of carbonyl (C=O) groups excluding carboxylic acids is 1. The lowest BCUT2D eigenvalue weighted by molar-refractivity contribution is 0.0915. The molecule has 1 fully saturated rings. The summed E-state index contributed by atoms with van der Waals surface area (Å²) in [4.78, 5) is 12.1. The molecule has 1 aliphatic rings. The van der Waals surface area contributed by atoms with Gasteiger partial charge in [-0.2, -0.15) is 0 Å². The summed E-state index contributed by atoms with van der Waals surface area (Å²) in [5.74, 6) is 0.499. The van der Waals surface area contributed by atoms with Crippen molar-refractivity contribution in [1.29, 1.82) is 0 Å². The third-order valence-corrected chi connectivity index (χ3v) is 3.99. The highest BCUT2D eigenvalue weighted by Crippen LogP contribution is 2.17. The molecule has 2 rings (SSSR count). The maximum Gasteiger partial charge on any atom is 0.251 e. The van der Waals surface area contributed by atoms with Gasteiger partial charge in [-0.05, 0) is 49.6 Å². The van der Waals surface area contributed by atoms with Gasteiger partial charge in [0.1, 0.15) is 0 Å². The van der Waals surface area contributed by atoms with Gasteiger partial charge in [0.25, 0.3) is 5.91 Å². The molecule has 2 N–H and O–H groups in total. The monoisotopic (exact) mass is 266 g/mol. The largest absolute Gasteiger partial charge is 0.348 e. The number of aryl methyl sites for hydroxylation is 1. The van der Waals surface area contributed by atoms with Crippen molar-refractivity contribution in [1.82, 2.24) is 10.6 Å². The lowest BCUT2D eigenvalue weighted by Crippen LogP contribution is -2.50. The van der Waals surface area contributed by atoms with E-state index in [2.05, 4.69) is 17.6 Å². The Morgan fingerprint density at radius 1 is 1.50 bits per heavy atom. The average molecular weight is 267 g/mol. The molecule has 18 heavy (non-hydrogen) atoms. The molecule has 0 saturated carbocycles. The second-order valence-electron chi connectivity index (χ2n) is 5.01. The molecular formula is C14H19ClN2O. The van der Waals surface area contributed by atoms with E-state index in [0.717, 1.165) is 25.1 Å². The number of benzene rings is 1. The van der Waals surface area contributed by atoms with Gasteiger partial charge in [0.15, 0.2) is 0 Å². The second kappa shape index (κ2) is 5.72. The summed E-state index contributed by atoms with van der Waals surface area (Å²) in [6, 6.07) is 5.58. The van der Waals surface area contributed by atoms with Crippen LogP contribution in [0.1, 0.15) is 29.3 Å². The molecule has 0 spiro atoms. The second-order valence-corrected chi connectivity index (χ2v) is 5.42. The van der Waals surface area contributed by atoms with Gasteiger partial charge in [-0.25, -0.2) is 0 Å². The zero-order chi connectivity index (χ0) is 13.1. The van der Waals surface area contributed by atoms with Crippen LogP contribution in [0.25, 0.3) is 0 Å². The van der Waals surface area contributed by atoms with Crippen LogP contribution in [-0.4, -0.2) is 25.0 Å². The number of halogens is 1. The topological polar surface area (TPSA) is 41.1 Å². The van der Waals surface area contributed by atoms with E-state index in [-0.39, 0.29) is 11.9 Å². The van der Waals surface area contributed by atoms with E-state index in [9.17, 15) is 4.79 Å². The molecule has 3 nitrogen and oxygen atoms in total. The molecule has 1 heterocycles. The zero-order valence-electron chi connectivity index (χ0n) is 10.8. The molecule has 0 bridgehead atoms. The number of nitrogens with one attached hydrogen (secondary N) is 2. The molecule has 1 aromatic carbocycles. The van der Waals surface area contributed by atoms with E-state index in [1.54, 1.807) is 12.1 Å². The van der Waals surface area contributed by atoms with Gasteiger partial charge in [-0.1, -0.05) is 18.5 Å². The Hall–Kier alpha value is -1.06. The van der Waals surface area contributed by atoms with Crippen LogP contribution < -0.4 is 10.6 Å². The highest BCUT2D eigenvalue weighted by molar-refractivity contribution is 6.31. The first-order chi connectivity index (χ1) is 8.58. The first kappa shape index (κ1) is 13.4. The van der Waals surface area contributed by atoms with E-state index >= 15 is 0 Å². The van der Waals surface area contributed by atoms with Gasteiger partial charge in [0, 0.05) is 23.2 Å². The first-order valence-electron chi connectivity index (χ1n) is 6.35. The van der Waals surface area contributed by atoms with Crippen molar-refractivity contribution >= 4 is 17.5 Å². The molecule has 0 radical (unpaired) electrons. The van der Waals surface area contributed by atoms with E-state index < -0.39 is 0 Å². The van der Waals surface area contributed by atoms with Gasteiger partial charge < -0.3 is 10.6 Å². The molecule has 0 aromatic heterocycles. The van der Waals surface area contributed by atoms with E-state index in [0.29, 0.717) is 16.5 Å². The Labute approximate surface area is 113 Å². The fourth-order valence-corrected chi connectivity index (χ4v) is 2.34. The summed E-state index contributed by atoms with van der Waals surface area (Å²) >= 11 is 5.96. The Morgan fingerprint density at radius 3 is 2.94 bits per heavy atom. The van der Waals surface area contributed by atoms with E-state index in [1.165, 1.54) is 0 Å². The minimum Gasteiger partial charge on any atom is -0.348 e. The van der Waals surface area contributed by atoms with Crippen molar-refractivity contribution in [2.24, 2.45) is 5.92 Å². The molecule has 1 aromatic rings. The number of hydrogen-bond acceptors (Lipinski definition) is 2. The third kappa shape index (κ3) is 3.03. The van der Waals surface area contributed by atoms with Crippen molar-refractivity contribution in [2.75, 3.05) is 13.1 Å². The molecule has 98 valence electrons. The quantitative estimate of drug-likeness (QED) is 0.863. The predicted octanol–water partition coefficient (Wildman–Crippen LogP) is 2.38. The number of rotatable bonds is 2. The van der Waals surface area contributed by atoms with Crippen molar-refractivity contribution < 1.29 is 4.79 Å². The Morgan fingerprint density at radius 2 is 2.28 bits per heavy atom. The molecular weight excluding hydrogens is 248 g/mol. The molecule has 1 aliphatic heterocycles. The van der Waals surface area contributed by atoms with Gasteiger partial charge in [0.2, 0.25) is 0 Å². The molecule has 1 amide bonds. The average Bonchev–Trinajstić information content (AvgIpc) is 2.35. The fraction of sp³-hybridized carbons (Fsp3) is 0.500. The summed E-state index contributed by atoms with van der Waals surface area (Å²) in [7, 11) is 0. The van der Waals surface area contributed by atoms with Gasteiger partial charge in [0.05, 0.1) is 0 Å². The van der Waals surface area contributed by atoms with Crippen molar-refractivity contribution in [3.8, 4) is 0 Å². The minimum absolute atomic E-state index is 0.0182. The van der Waals surface area contributed by atoms with E-state index in [1.807, 2.05) is 13.0 Å². The SMILES string of the molecule is Cc1cc(C(=O)NC2CNCCC2C)ccc1Cl. The smallest absolute Gasteiger partial charge is 0.251 e. The number of piperidine rings is 1. The van der Waals surface area contributed by atoms with Crippen LogP contribution in [0.2, 0.25) is 5.02 Å². The predicted molar refractivity (Wildman–Crippen MR) is 74.1 cm³/mol. The van der Waals surface area contributed by atoms with Crippen molar-refractivity contribution in [2.45, 2.75) is 26.3 Å². The van der Waals surface area contributed by atoms with Crippen molar-refractivity contribution in [3.63, 3.8) is 0 Å². The van der Waals surface area contributed by atoms with Crippen LogP contribution in [0.4, 0.5) is 0 Å². The molecule has 2 unspecified atom stereocenters. The van der Waals surface area contributed by atoms with E-state index in [4.69, 9.17) is 11.6 Å². The molecule has 4 heteroatoms. The molecule has 0 aliphatic carbocycles. The lowest BCUT2D eigenvalue weighted by Gasteiger charge is -2.30. The zero-order valence-corrected chi connectivity index (χ0v) is 11.6. The summed E-state index contributed by atoms with van der Waals surface area (Å²) in [6.45, 7) is 5.97. The maximum atomic E-state index is 12.1. The highest BCUT2D eigenvalue weighted by atomic mass is 35.5. The highest BCUT2D eigenvalue weighted by Gasteiger charge is 2.23.